The zero-order valence-electron chi connectivity index (χ0n) is 11.4. The van der Waals surface area contributed by atoms with Crippen molar-refractivity contribution in [2.75, 3.05) is 7.05 Å². The van der Waals surface area contributed by atoms with Crippen molar-refractivity contribution in [3.05, 3.63) is 50.5 Å². The largest absolute Gasteiger partial charge is 0.270 e. The molecule has 0 saturated heterocycles. The molecule has 9 heteroatoms. The molecule has 0 amide bonds. The second kappa shape index (κ2) is 5.88. The summed E-state index contributed by atoms with van der Waals surface area (Å²) >= 11 is 1.44. The lowest BCUT2D eigenvalue weighted by Gasteiger charge is -2.15. The van der Waals surface area contributed by atoms with E-state index in [1.165, 1.54) is 36.6 Å². The molecule has 21 heavy (non-hydrogen) atoms. The molecule has 7 nitrogen and oxygen atoms in total. The van der Waals surface area contributed by atoms with E-state index < -0.39 is 14.9 Å². The maximum atomic E-state index is 12.4. The molecule has 0 aliphatic carbocycles. The van der Waals surface area contributed by atoms with Crippen LogP contribution in [0.4, 0.5) is 5.69 Å². The smallest absolute Gasteiger partial charge is 0.258 e. The van der Waals surface area contributed by atoms with E-state index in [0.717, 1.165) is 15.4 Å². The zero-order valence-corrected chi connectivity index (χ0v) is 13.0. The number of hydrogen-bond acceptors (Lipinski definition) is 6. The molecule has 0 fully saturated rings. The Morgan fingerprint density at radius 2 is 2.14 bits per heavy atom. The molecule has 0 N–H and O–H groups in total. The molecule has 0 radical (unpaired) electrons. The SMILES string of the molecule is Cc1nc(CN(C)S(=O)(=O)c2cccc([N+](=O)[O-])c2)cs1. The Bertz CT molecular complexity index is 770. The Kier molecular flexibility index (Phi) is 4.35. The van der Waals surface area contributed by atoms with Crippen LogP contribution in [0.15, 0.2) is 34.5 Å². The van der Waals surface area contributed by atoms with E-state index in [1.807, 2.05) is 6.92 Å². The van der Waals surface area contributed by atoms with E-state index in [9.17, 15) is 18.5 Å². The highest BCUT2D eigenvalue weighted by molar-refractivity contribution is 7.89. The summed E-state index contributed by atoms with van der Waals surface area (Å²) in [5, 5.41) is 13.4. The molecule has 0 saturated carbocycles. The molecule has 112 valence electrons. The number of sulfonamides is 1. The number of aryl methyl sites for hydroxylation is 1. The highest BCUT2D eigenvalue weighted by atomic mass is 32.2. The molecule has 0 atom stereocenters. The third-order valence-electron chi connectivity index (χ3n) is 2.79. The van der Waals surface area contributed by atoms with Crippen molar-refractivity contribution < 1.29 is 13.3 Å². The van der Waals surface area contributed by atoms with Crippen LogP contribution in [0.5, 0.6) is 0 Å². The molecule has 1 aromatic heterocycles. The second-order valence-electron chi connectivity index (χ2n) is 4.37. The lowest BCUT2D eigenvalue weighted by Crippen LogP contribution is -2.26. The van der Waals surface area contributed by atoms with Crippen molar-refractivity contribution in [2.45, 2.75) is 18.4 Å². The summed E-state index contributed by atoms with van der Waals surface area (Å²) in [5.41, 5.74) is 0.392. The average molecular weight is 327 g/mol. The Morgan fingerprint density at radius 3 is 2.71 bits per heavy atom. The van der Waals surface area contributed by atoms with Gasteiger partial charge in [-0.1, -0.05) is 6.07 Å². The summed E-state index contributed by atoms with van der Waals surface area (Å²) in [7, 11) is -2.37. The summed E-state index contributed by atoms with van der Waals surface area (Å²) in [4.78, 5) is 14.2. The lowest BCUT2D eigenvalue weighted by atomic mass is 10.3. The minimum Gasteiger partial charge on any atom is -0.258 e. The van der Waals surface area contributed by atoms with E-state index in [4.69, 9.17) is 0 Å². The fourth-order valence-electron chi connectivity index (χ4n) is 1.73. The first-order valence-corrected chi connectivity index (χ1v) is 8.24. The Hall–Kier alpha value is -1.84. The summed E-state index contributed by atoms with van der Waals surface area (Å²) in [6.45, 7) is 1.96. The van der Waals surface area contributed by atoms with Crippen molar-refractivity contribution >= 4 is 27.0 Å². The quantitative estimate of drug-likeness (QED) is 0.620. The molecule has 1 heterocycles. The molecule has 0 bridgehead atoms. The number of nitro benzene ring substituents is 1. The number of nitrogens with zero attached hydrogens (tertiary/aromatic N) is 3. The number of nitro groups is 1. The van der Waals surface area contributed by atoms with Gasteiger partial charge in [-0.3, -0.25) is 10.1 Å². The van der Waals surface area contributed by atoms with Crippen LogP contribution >= 0.6 is 11.3 Å². The van der Waals surface area contributed by atoms with Crippen molar-refractivity contribution in [1.29, 1.82) is 0 Å². The summed E-state index contributed by atoms with van der Waals surface area (Å²) in [5.74, 6) is 0. The van der Waals surface area contributed by atoms with Gasteiger partial charge in [0.05, 0.1) is 27.1 Å². The standard InChI is InChI=1S/C12H13N3O4S2/c1-9-13-10(8-20-9)7-14(2)21(18,19)12-5-3-4-11(6-12)15(16)17/h3-6,8H,7H2,1-2H3. The van der Waals surface area contributed by atoms with Crippen LogP contribution in [-0.4, -0.2) is 29.7 Å². The topological polar surface area (TPSA) is 93.4 Å². The van der Waals surface area contributed by atoms with Gasteiger partial charge < -0.3 is 0 Å². The normalized spacial score (nSPS) is 11.8. The van der Waals surface area contributed by atoms with Gasteiger partial charge in [0.25, 0.3) is 5.69 Å². The van der Waals surface area contributed by atoms with Gasteiger partial charge in [-0.15, -0.1) is 11.3 Å². The first kappa shape index (κ1) is 15.5. The van der Waals surface area contributed by atoms with Crippen LogP contribution in [0.2, 0.25) is 0 Å². The average Bonchev–Trinajstić information content (AvgIpc) is 2.84. The van der Waals surface area contributed by atoms with Gasteiger partial charge in [0.2, 0.25) is 10.0 Å². The number of non-ortho nitro benzene ring substituents is 1. The van der Waals surface area contributed by atoms with E-state index in [-0.39, 0.29) is 17.1 Å². The first-order valence-electron chi connectivity index (χ1n) is 5.92. The number of hydrogen-bond donors (Lipinski definition) is 0. The van der Waals surface area contributed by atoms with Gasteiger partial charge in [-0.25, -0.2) is 13.4 Å². The highest BCUT2D eigenvalue weighted by Crippen LogP contribution is 2.21. The van der Waals surface area contributed by atoms with Crippen molar-refractivity contribution in [3.8, 4) is 0 Å². The third-order valence-corrected chi connectivity index (χ3v) is 5.41. The van der Waals surface area contributed by atoms with Crippen LogP contribution in [0, 0.1) is 17.0 Å². The molecule has 2 aromatic rings. The van der Waals surface area contributed by atoms with Crippen LogP contribution in [-0.2, 0) is 16.6 Å². The van der Waals surface area contributed by atoms with Crippen LogP contribution in [0.1, 0.15) is 10.7 Å². The molecule has 0 aliphatic heterocycles. The van der Waals surface area contributed by atoms with Crippen LogP contribution < -0.4 is 0 Å². The fraction of sp³-hybridized carbons (Fsp3) is 0.250. The number of benzene rings is 1. The predicted octanol–water partition coefficient (Wildman–Crippen LogP) is 2.18. The Balaban J connectivity index is 2.28. The third kappa shape index (κ3) is 3.43. The van der Waals surface area contributed by atoms with E-state index >= 15 is 0 Å². The Labute approximate surface area is 126 Å². The van der Waals surface area contributed by atoms with Gasteiger partial charge in [0.1, 0.15) is 0 Å². The van der Waals surface area contributed by atoms with Crippen LogP contribution in [0.3, 0.4) is 0 Å². The minimum absolute atomic E-state index is 0.105. The molecule has 0 aliphatic rings. The van der Waals surface area contributed by atoms with Gasteiger partial charge in [-0.2, -0.15) is 4.31 Å². The second-order valence-corrected chi connectivity index (χ2v) is 7.48. The summed E-state index contributed by atoms with van der Waals surface area (Å²) in [6, 6.07) is 5.00. The highest BCUT2D eigenvalue weighted by Gasteiger charge is 2.23. The molecular formula is C12H13N3O4S2. The minimum atomic E-state index is -3.79. The number of aromatic nitrogens is 1. The van der Waals surface area contributed by atoms with Gasteiger partial charge in [0.15, 0.2) is 0 Å². The predicted molar refractivity (Wildman–Crippen MR) is 78.6 cm³/mol. The number of rotatable bonds is 5. The Morgan fingerprint density at radius 1 is 1.43 bits per heavy atom. The summed E-state index contributed by atoms with van der Waals surface area (Å²) < 4.78 is 25.9. The first-order chi connectivity index (χ1) is 9.80. The van der Waals surface area contributed by atoms with Crippen LogP contribution in [0.25, 0.3) is 0 Å². The lowest BCUT2D eigenvalue weighted by molar-refractivity contribution is -0.385. The molecule has 1 aromatic carbocycles. The van der Waals surface area contributed by atoms with Crippen molar-refractivity contribution in [1.82, 2.24) is 9.29 Å². The van der Waals surface area contributed by atoms with E-state index in [1.54, 1.807) is 5.38 Å². The molecule has 0 spiro atoms. The molecule has 0 unspecified atom stereocenters. The van der Waals surface area contributed by atoms with Crippen molar-refractivity contribution in [2.24, 2.45) is 0 Å². The molecular weight excluding hydrogens is 314 g/mol. The monoisotopic (exact) mass is 327 g/mol. The maximum Gasteiger partial charge on any atom is 0.270 e. The number of thiazole rings is 1. The molecule has 2 rings (SSSR count). The van der Waals surface area contributed by atoms with E-state index in [2.05, 4.69) is 4.98 Å². The van der Waals surface area contributed by atoms with Gasteiger partial charge in [-0.05, 0) is 13.0 Å². The fourth-order valence-corrected chi connectivity index (χ4v) is 3.52. The van der Waals surface area contributed by atoms with Gasteiger partial charge >= 0.3 is 0 Å². The zero-order chi connectivity index (χ0) is 15.6. The summed E-state index contributed by atoms with van der Waals surface area (Å²) in [6.07, 6.45) is 0. The van der Waals surface area contributed by atoms with E-state index in [0.29, 0.717) is 5.69 Å². The van der Waals surface area contributed by atoms with Crippen molar-refractivity contribution in [3.63, 3.8) is 0 Å². The van der Waals surface area contributed by atoms with Gasteiger partial charge in [0, 0.05) is 24.6 Å². The maximum absolute atomic E-state index is 12.4.